The standard InChI is InChI=1S/C31H26FN3O3S2/c32-24-12-8-21(9-13-24)20-38-26-14-10-22(11-15-26)29-23(18-35(33-29)25-5-2-1-3-6-25)17-28-30(36)34(31(39)40-28)19-27-7-4-16-37-27/h1-3,5-6,8-15,17-18,27H,4,7,16,19-20H2. The minimum absolute atomic E-state index is 0.0297. The summed E-state index contributed by atoms with van der Waals surface area (Å²) in [5.74, 6) is 0.310. The maximum absolute atomic E-state index is 13.3. The second-order valence-corrected chi connectivity index (χ2v) is 11.3. The van der Waals surface area contributed by atoms with Crippen molar-refractivity contribution in [2.45, 2.75) is 25.6 Å². The van der Waals surface area contributed by atoms with Crippen molar-refractivity contribution in [2.24, 2.45) is 0 Å². The number of amides is 1. The van der Waals surface area contributed by atoms with Gasteiger partial charge < -0.3 is 9.47 Å². The van der Waals surface area contributed by atoms with Crippen molar-refractivity contribution in [2.75, 3.05) is 13.2 Å². The van der Waals surface area contributed by atoms with Crippen LogP contribution in [0.4, 0.5) is 4.39 Å². The highest BCUT2D eigenvalue weighted by Gasteiger charge is 2.35. The van der Waals surface area contributed by atoms with Gasteiger partial charge in [-0.25, -0.2) is 9.07 Å². The summed E-state index contributed by atoms with van der Waals surface area (Å²) < 4.78 is 27.2. The molecule has 0 saturated carbocycles. The zero-order valence-electron chi connectivity index (χ0n) is 21.5. The average molecular weight is 572 g/mol. The Morgan fingerprint density at radius 3 is 2.58 bits per heavy atom. The van der Waals surface area contributed by atoms with Crippen LogP contribution in [0.25, 0.3) is 23.0 Å². The predicted molar refractivity (Wildman–Crippen MR) is 159 cm³/mol. The lowest BCUT2D eigenvalue weighted by atomic mass is 10.1. The molecular formula is C31H26FN3O3S2. The fourth-order valence-corrected chi connectivity index (χ4v) is 5.94. The molecule has 1 amide bonds. The minimum Gasteiger partial charge on any atom is -0.489 e. The number of benzene rings is 3. The molecular weight excluding hydrogens is 545 g/mol. The van der Waals surface area contributed by atoms with E-state index in [9.17, 15) is 9.18 Å². The molecule has 3 aromatic carbocycles. The Balaban J connectivity index is 1.27. The molecule has 1 aromatic heterocycles. The van der Waals surface area contributed by atoms with E-state index in [1.807, 2.05) is 71.6 Å². The van der Waals surface area contributed by atoms with Gasteiger partial charge in [0.15, 0.2) is 0 Å². The van der Waals surface area contributed by atoms with E-state index in [2.05, 4.69) is 0 Å². The Kier molecular flexibility index (Phi) is 7.77. The summed E-state index contributed by atoms with van der Waals surface area (Å²) in [6, 6.07) is 23.7. The summed E-state index contributed by atoms with van der Waals surface area (Å²) in [6.07, 6.45) is 5.77. The maximum Gasteiger partial charge on any atom is 0.266 e. The summed E-state index contributed by atoms with van der Waals surface area (Å²) >= 11 is 6.86. The van der Waals surface area contributed by atoms with Crippen LogP contribution in [-0.4, -0.2) is 44.2 Å². The van der Waals surface area contributed by atoms with Gasteiger partial charge in [-0.1, -0.05) is 54.3 Å². The van der Waals surface area contributed by atoms with Gasteiger partial charge in [-0.05, 0) is 73.0 Å². The van der Waals surface area contributed by atoms with Crippen molar-refractivity contribution in [1.29, 1.82) is 0 Å². The molecule has 3 heterocycles. The third kappa shape index (κ3) is 5.86. The van der Waals surface area contributed by atoms with Crippen molar-refractivity contribution >= 4 is 40.3 Å². The number of thioether (sulfide) groups is 1. The number of halogens is 1. The molecule has 1 unspecified atom stereocenters. The zero-order valence-corrected chi connectivity index (χ0v) is 23.2. The normalized spacial score (nSPS) is 18.2. The molecule has 6 nitrogen and oxygen atoms in total. The van der Waals surface area contributed by atoms with E-state index < -0.39 is 0 Å². The fourth-order valence-electron chi connectivity index (χ4n) is 4.68. The molecule has 0 bridgehead atoms. The molecule has 0 aliphatic carbocycles. The maximum atomic E-state index is 13.3. The van der Waals surface area contributed by atoms with E-state index in [1.165, 1.54) is 23.9 Å². The van der Waals surface area contributed by atoms with Crippen LogP contribution in [0.1, 0.15) is 24.0 Å². The molecule has 6 rings (SSSR count). The van der Waals surface area contributed by atoms with Gasteiger partial charge in [-0.2, -0.15) is 5.10 Å². The lowest BCUT2D eigenvalue weighted by Crippen LogP contribution is -2.35. The number of para-hydroxylation sites is 1. The molecule has 2 aliphatic rings. The predicted octanol–water partition coefficient (Wildman–Crippen LogP) is 6.64. The quantitative estimate of drug-likeness (QED) is 0.175. The number of nitrogens with zero attached hydrogens (tertiary/aromatic N) is 3. The summed E-state index contributed by atoms with van der Waals surface area (Å²) in [5.41, 5.74) is 4.21. The molecule has 202 valence electrons. The number of ether oxygens (including phenoxy) is 2. The number of rotatable bonds is 8. The molecule has 2 aliphatic heterocycles. The minimum atomic E-state index is -0.274. The lowest BCUT2D eigenvalue weighted by molar-refractivity contribution is -0.123. The summed E-state index contributed by atoms with van der Waals surface area (Å²) in [7, 11) is 0. The first-order chi connectivity index (χ1) is 19.5. The Morgan fingerprint density at radius 1 is 1.07 bits per heavy atom. The number of carbonyl (C=O) groups excluding carboxylic acids is 1. The first kappa shape index (κ1) is 26.4. The summed E-state index contributed by atoms with van der Waals surface area (Å²) in [4.78, 5) is 15.5. The average Bonchev–Trinajstić information content (AvgIpc) is 3.71. The van der Waals surface area contributed by atoms with Crippen LogP contribution < -0.4 is 4.74 Å². The number of aromatic nitrogens is 2. The smallest absolute Gasteiger partial charge is 0.266 e. The molecule has 2 fully saturated rings. The van der Waals surface area contributed by atoms with Crippen LogP contribution in [-0.2, 0) is 16.1 Å². The first-order valence-corrected chi connectivity index (χ1v) is 14.3. The molecule has 0 N–H and O–H groups in total. The van der Waals surface area contributed by atoms with Crippen molar-refractivity contribution in [3.05, 3.63) is 107 Å². The highest BCUT2D eigenvalue weighted by molar-refractivity contribution is 8.26. The van der Waals surface area contributed by atoms with Crippen LogP contribution in [0.3, 0.4) is 0 Å². The number of carbonyl (C=O) groups is 1. The Bertz CT molecular complexity index is 1550. The van der Waals surface area contributed by atoms with Gasteiger partial charge in [0.25, 0.3) is 5.91 Å². The number of thiocarbonyl (C=S) groups is 1. The number of hydrogen-bond acceptors (Lipinski definition) is 6. The highest BCUT2D eigenvalue weighted by atomic mass is 32.2. The first-order valence-electron chi connectivity index (χ1n) is 13.0. The van der Waals surface area contributed by atoms with E-state index in [0.29, 0.717) is 28.1 Å². The van der Waals surface area contributed by atoms with Gasteiger partial charge >= 0.3 is 0 Å². The van der Waals surface area contributed by atoms with Gasteiger partial charge in [0, 0.05) is 23.9 Å². The third-order valence-corrected chi connectivity index (χ3v) is 8.16. The van der Waals surface area contributed by atoms with Crippen molar-refractivity contribution in [3.8, 4) is 22.7 Å². The van der Waals surface area contributed by atoms with Crippen LogP contribution >= 0.6 is 24.0 Å². The van der Waals surface area contributed by atoms with E-state index in [4.69, 9.17) is 26.8 Å². The second kappa shape index (κ2) is 11.8. The Morgan fingerprint density at radius 2 is 1.85 bits per heavy atom. The molecule has 40 heavy (non-hydrogen) atoms. The van der Waals surface area contributed by atoms with Crippen LogP contribution in [0.15, 0.2) is 90.0 Å². The van der Waals surface area contributed by atoms with Crippen molar-refractivity contribution < 1.29 is 18.7 Å². The third-order valence-electron chi connectivity index (χ3n) is 6.78. The van der Waals surface area contributed by atoms with E-state index in [-0.39, 0.29) is 17.8 Å². The van der Waals surface area contributed by atoms with Gasteiger partial charge in [-0.3, -0.25) is 9.69 Å². The monoisotopic (exact) mass is 571 g/mol. The van der Waals surface area contributed by atoms with Crippen molar-refractivity contribution in [1.82, 2.24) is 14.7 Å². The van der Waals surface area contributed by atoms with Crippen LogP contribution in [0, 0.1) is 5.82 Å². The summed E-state index contributed by atoms with van der Waals surface area (Å²) in [6.45, 7) is 1.55. The Labute approximate surface area is 241 Å². The SMILES string of the molecule is O=C1C(=Cc2cn(-c3ccccc3)nc2-c2ccc(OCc3ccc(F)cc3)cc2)SC(=S)N1CC1CCCO1. The molecule has 0 spiro atoms. The highest BCUT2D eigenvalue weighted by Crippen LogP contribution is 2.36. The largest absolute Gasteiger partial charge is 0.489 e. The molecule has 2 saturated heterocycles. The summed E-state index contributed by atoms with van der Waals surface area (Å²) in [5, 5.41) is 4.88. The fraction of sp³-hybridized carbons (Fsp3) is 0.194. The Hall–Kier alpha value is -3.79. The van der Waals surface area contributed by atoms with Crippen LogP contribution in [0.5, 0.6) is 5.75 Å². The second-order valence-electron chi connectivity index (χ2n) is 9.58. The number of hydrogen-bond donors (Lipinski definition) is 0. The lowest BCUT2D eigenvalue weighted by Gasteiger charge is -2.18. The van der Waals surface area contributed by atoms with E-state index in [0.717, 1.165) is 47.5 Å². The molecule has 4 aromatic rings. The van der Waals surface area contributed by atoms with Gasteiger partial charge in [-0.15, -0.1) is 0 Å². The topological polar surface area (TPSA) is 56.6 Å². The van der Waals surface area contributed by atoms with E-state index in [1.54, 1.807) is 17.0 Å². The van der Waals surface area contributed by atoms with Crippen LogP contribution in [0.2, 0.25) is 0 Å². The molecule has 9 heteroatoms. The van der Waals surface area contributed by atoms with Crippen molar-refractivity contribution in [3.63, 3.8) is 0 Å². The van der Waals surface area contributed by atoms with Gasteiger partial charge in [0.05, 0.1) is 28.9 Å². The van der Waals surface area contributed by atoms with Gasteiger partial charge in [0.2, 0.25) is 0 Å². The van der Waals surface area contributed by atoms with Gasteiger partial charge in [0.1, 0.15) is 22.5 Å². The zero-order chi connectivity index (χ0) is 27.5. The molecule has 1 atom stereocenters. The van der Waals surface area contributed by atoms with E-state index >= 15 is 0 Å². The molecule has 0 radical (unpaired) electrons.